The second kappa shape index (κ2) is 31.0. The maximum absolute atomic E-state index is 6.33. The van der Waals surface area contributed by atoms with E-state index in [9.17, 15) is 0 Å². The van der Waals surface area contributed by atoms with Crippen molar-refractivity contribution in [2.75, 3.05) is 20.0 Å². The van der Waals surface area contributed by atoms with E-state index in [0.29, 0.717) is 28.5 Å². The van der Waals surface area contributed by atoms with E-state index in [1.807, 2.05) is 78.6 Å². The largest absolute Gasteiger partial charge is 0.496 e. The molecule has 4 N–H and O–H groups in total. The van der Waals surface area contributed by atoms with Gasteiger partial charge in [-0.2, -0.15) is 10.2 Å². The number of methoxy groups -OCH3 is 2. The Balaban J connectivity index is 0.000000176. The highest BCUT2D eigenvalue weighted by atomic mass is 35.5. The number of H-pyrrole nitrogens is 2. The van der Waals surface area contributed by atoms with Crippen molar-refractivity contribution in [1.82, 2.24) is 59.8 Å². The van der Waals surface area contributed by atoms with Crippen LogP contribution < -0.4 is 15.2 Å². The number of aromatic nitrogens is 12. The number of nitrogens with one attached hydrogen (secondary N) is 2. The molecule has 0 atom stereocenters. The molecule has 0 amide bonds. The molecule has 12 rings (SSSR count). The lowest BCUT2D eigenvalue weighted by molar-refractivity contribution is 0.393. The summed E-state index contributed by atoms with van der Waals surface area (Å²) >= 11 is 15.7. The van der Waals surface area contributed by atoms with Gasteiger partial charge in [0.25, 0.3) is 0 Å². The summed E-state index contributed by atoms with van der Waals surface area (Å²) in [4.78, 5) is 25.1. The number of anilines is 1. The standard InChI is InChI=1S/C26H28N6O2.C17H15ClN4O2.C8H13N3.2CH4.S13/c1-13-23(14(2)34-31-13)19-10-20-18(11-22(19)33-5)24-21(27-15(3)28-26(24)29-20)9-17-12-32(4)30-25(17)16-7-6-8-16;1-7-14(8(2)24-22-7)11-5-12-10(6-13(11)23-4)15-16(18)19-9(3)20-17(15)21-12;1-11-5-7(9)8(10-11)6-3-2-4-6;;;1-3-5-7-9-11-13-12-10-8-6-4-2/h10-12,16H,6-9H2,1-5H3,(H,27,28,29);5-6H,1-4H3,(H,19,20,21);5-6H,2-4,9H2,1H3;2*1H4;. The van der Waals surface area contributed by atoms with Gasteiger partial charge in [-0.1, -0.05) is 49.6 Å². The van der Waals surface area contributed by atoms with Crippen LogP contribution in [0.4, 0.5) is 5.69 Å². The first-order chi connectivity index (χ1) is 39.6. The Morgan fingerprint density at radius 1 is 0.619 bits per heavy atom. The molecular weight excluding hydrogens is 1330 g/mol. The molecule has 0 aliphatic heterocycles. The van der Waals surface area contributed by atoms with Crippen LogP contribution in [-0.4, -0.2) is 74.0 Å². The molecule has 0 saturated heterocycles. The number of fused-ring (bicyclic) bond motifs is 6. The number of aryl methyl sites for hydroxylation is 8. The van der Waals surface area contributed by atoms with Gasteiger partial charge in [0.15, 0.2) is 0 Å². The molecular formula is C53H64ClN13O4S13. The molecule has 8 aromatic heterocycles. The van der Waals surface area contributed by atoms with Crippen molar-refractivity contribution in [1.29, 1.82) is 0 Å². The number of rotatable bonds is 8. The van der Waals surface area contributed by atoms with E-state index in [4.69, 9.17) is 73.3 Å². The van der Waals surface area contributed by atoms with E-state index in [0.717, 1.165) is 124 Å². The summed E-state index contributed by atoms with van der Waals surface area (Å²) in [6, 6.07) is 8.13. The van der Waals surface area contributed by atoms with Gasteiger partial charge >= 0.3 is 0 Å². The summed E-state index contributed by atoms with van der Waals surface area (Å²) in [5, 5.41) is 21.5. The fourth-order valence-electron chi connectivity index (χ4n) is 10.0. The monoisotopic (exact) mass is 1400 g/mol. The van der Waals surface area contributed by atoms with E-state index in [-0.39, 0.29) is 14.9 Å². The lowest BCUT2D eigenvalue weighted by atomic mass is 9.81. The molecule has 450 valence electrons. The Kier molecular flexibility index (Phi) is 24.7. The fraction of sp³-hybridized carbons (Fsp3) is 0.396. The Bertz CT molecular complexity index is 4500. The molecule has 0 unspecified atom stereocenters. The predicted molar refractivity (Wildman–Crippen MR) is 376 cm³/mol. The zero-order valence-electron chi connectivity index (χ0n) is 45.9. The number of hydrogen-bond acceptors (Lipinski definition) is 15. The van der Waals surface area contributed by atoms with Crippen molar-refractivity contribution in [3.63, 3.8) is 0 Å². The molecule has 17 nitrogen and oxygen atoms in total. The smallest absolute Gasteiger partial charge is 0.143 e. The number of aromatic amines is 2. The quantitative estimate of drug-likeness (QED) is 0.121. The molecule has 0 bridgehead atoms. The lowest BCUT2D eigenvalue weighted by Crippen LogP contribution is -2.12. The number of ether oxygens (including phenoxy) is 2. The third-order valence-corrected chi connectivity index (χ3v) is 36.3. The molecule has 84 heavy (non-hydrogen) atoms. The third-order valence-electron chi connectivity index (χ3n) is 13.8. The van der Waals surface area contributed by atoms with E-state index < -0.39 is 0 Å². The highest BCUT2D eigenvalue weighted by molar-refractivity contribution is 8.75. The van der Waals surface area contributed by atoms with Gasteiger partial charge in [-0.15, -0.1) is 0 Å². The van der Waals surface area contributed by atoms with Crippen molar-refractivity contribution >= 4 is 181 Å². The normalized spacial score (nSPS) is 12.6. The number of hydrogen-bond donors (Lipinski definition) is 3. The van der Waals surface area contributed by atoms with Crippen LogP contribution in [0.25, 0.3) is 66.1 Å². The third kappa shape index (κ3) is 15.5. The van der Waals surface area contributed by atoms with Crippen LogP contribution in [0, 0.1) is 41.5 Å². The minimum atomic E-state index is 0. The van der Waals surface area contributed by atoms with Gasteiger partial charge < -0.3 is 34.2 Å². The summed E-state index contributed by atoms with van der Waals surface area (Å²) in [7, 11) is 25.3. The lowest BCUT2D eigenvalue weighted by Gasteiger charge is -2.24. The number of nitrogens with zero attached hydrogens (tertiary/aromatic N) is 10. The maximum atomic E-state index is 6.33. The maximum Gasteiger partial charge on any atom is 0.143 e. The summed E-state index contributed by atoms with van der Waals surface area (Å²) in [5.74, 6) is 5.59. The van der Waals surface area contributed by atoms with E-state index in [2.05, 4.69) is 53.7 Å². The van der Waals surface area contributed by atoms with Crippen LogP contribution in [0.1, 0.15) is 122 Å². The van der Waals surface area contributed by atoms with Crippen molar-refractivity contribution < 1.29 is 18.5 Å². The van der Waals surface area contributed by atoms with Crippen LogP contribution in [-0.2, 0) is 141 Å². The van der Waals surface area contributed by atoms with Crippen molar-refractivity contribution in [2.24, 2.45) is 14.1 Å². The fourth-order valence-corrected chi connectivity index (χ4v) is 35.0. The molecule has 0 spiro atoms. The number of nitrogen functional groups attached to an aromatic ring is 1. The van der Waals surface area contributed by atoms with E-state index >= 15 is 0 Å². The van der Waals surface area contributed by atoms with Gasteiger partial charge in [0, 0.05) is 203 Å². The summed E-state index contributed by atoms with van der Waals surface area (Å²) in [6.45, 7) is 11.4. The van der Waals surface area contributed by atoms with Gasteiger partial charge in [-0.3, -0.25) is 9.36 Å². The molecule has 2 aliphatic carbocycles. The number of benzene rings is 2. The topological polar surface area (TPSA) is 215 Å². The first-order valence-corrected chi connectivity index (χ1v) is 41.7. The van der Waals surface area contributed by atoms with E-state index in [1.165, 1.54) is 67.5 Å². The SMILES string of the molecule is C.C.COc1cc2c(cc1-c1c(C)noc1C)[nH]c1nc(C)nc(Cc3cn(C)nc3C3CCC3)c12.COc1cc2c(cc1-c1c(C)noc1C)[nH]c1nc(C)nc(Cl)c12.Cn1cc(N)c(C2CCC2)n1.S=S=S=S=S=S=S=S=S=S=S=S=S. The van der Waals surface area contributed by atoms with Crippen LogP contribution in [0.15, 0.2) is 45.7 Å². The zero-order chi connectivity index (χ0) is 58.2. The zero-order valence-corrected chi connectivity index (χ0v) is 57.3. The predicted octanol–water partition coefficient (Wildman–Crippen LogP) is 12.2. The molecule has 10 aromatic rings. The number of nitrogens with two attached hydrogens (primary N) is 1. The molecule has 2 saturated carbocycles. The van der Waals surface area contributed by atoms with E-state index in [1.54, 1.807) is 98.8 Å². The Hall–Kier alpha value is -4.41. The van der Waals surface area contributed by atoms with Gasteiger partial charge in [0.05, 0.1) is 64.9 Å². The van der Waals surface area contributed by atoms with Crippen molar-refractivity contribution in [3.8, 4) is 33.8 Å². The highest BCUT2D eigenvalue weighted by Crippen LogP contribution is 2.43. The van der Waals surface area contributed by atoms with Gasteiger partial charge in [-0.05, 0) is 97.1 Å². The molecule has 2 aromatic carbocycles. The highest BCUT2D eigenvalue weighted by Gasteiger charge is 2.28. The summed E-state index contributed by atoms with van der Waals surface area (Å²) < 4.78 is 25.9. The van der Waals surface area contributed by atoms with Crippen LogP contribution in [0.3, 0.4) is 0 Å². The number of halogens is 1. The average molecular weight is 1400 g/mol. The molecule has 2 fully saturated rings. The minimum absolute atomic E-state index is 0. The van der Waals surface area contributed by atoms with Crippen LogP contribution in [0.5, 0.6) is 11.5 Å². The molecule has 0 radical (unpaired) electrons. The first-order valence-electron chi connectivity index (χ1n) is 25.3. The van der Waals surface area contributed by atoms with Crippen LogP contribution in [0.2, 0.25) is 5.15 Å². The first kappa shape index (κ1) is 67.1. The van der Waals surface area contributed by atoms with Crippen molar-refractivity contribution in [3.05, 3.63) is 99.0 Å². The van der Waals surface area contributed by atoms with Crippen molar-refractivity contribution in [2.45, 2.75) is 113 Å². The Labute approximate surface area is 534 Å². The second-order valence-corrected chi connectivity index (χ2v) is 38.9. The van der Waals surface area contributed by atoms with Gasteiger partial charge in [0.1, 0.15) is 51.1 Å². The summed E-state index contributed by atoms with van der Waals surface area (Å²) in [5.41, 5.74) is 20.0. The average Bonchev–Trinajstić information content (AvgIpc) is 2.38. The molecule has 2 aliphatic rings. The van der Waals surface area contributed by atoms with Crippen LogP contribution >= 0.6 is 11.6 Å². The Morgan fingerprint density at radius 2 is 1.06 bits per heavy atom. The minimum Gasteiger partial charge on any atom is -0.496 e. The van der Waals surface area contributed by atoms with Gasteiger partial charge in [-0.25, -0.2) is 19.9 Å². The molecule has 8 heterocycles. The summed E-state index contributed by atoms with van der Waals surface area (Å²) in [6.07, 6.45) is 12.3. The Morgan fingerprint density at radius 3 is 1.49 bits per heavy atom. The second-order valence-electron chi connectivity index (χ2n) is 19.1. The molecule has 31 heteroatoms. The van der Waals surface area contributed by atoms with Gasteiger partial charge in [0.2, 0.25) is 0 Å².